The van der Waals surface area contributed by atoms with Crippen LogP contribution in [0.3, 0.4) is 0 Å². The fraction of sp³-hybridized carbons (Fsp3) is 0.0333. The van der Waals surface area contributed by atoms with Crippen LogP contribution in [0.25, 0.3) is 111 Å². The zero-order valence-corrected chi connectivity index (χ0v) is 35.6. The number of benzene rings is 9. The average Bonchev–Trinajstić information content (AvgIpc) is 3.87. The van der Waals surface area contributed by atoms with Crippen LogP contribution in [-0.2, 0) is 0 Å². The largest absolute Gasteiger partial charge is 0.309 e. The van der Waals surface area contributed by atoms with Gasteiger partial charge >= 0.3 is 0 Å². The van der Waals surface area contributed by atoms with Crippen molar-refractivity contribution in [1.29, 1.82) is 0 Å². The normalized spacial score (nSPS) is 11.6. The number of aryl methyl sites for hydroxylation is 2. The highest BCUT2D eigenvalue weighted by Gasteiger charge is 2.19. The summed E-state index contributed by atoms with van der Waals surface area (Å²) in [6, 6.07) is 78.2. The minimum absolute atomic E-state index is 0.718. The molecular formula is C60H42N4. The maximum absolute atomic E-state index is 5.03. The van der Waals surface area contributed by atoms with Gasteiger partial charge in [0, 0.05) is 43.9 Å². The van der Waals surface area contributed by atoms with Crippen LogP contribution in [-0.4, -0.2) is 19.1 Å². The quantitative estimate of drug-likeness (QED) is 0.161. The SMILES string of the molecule is Cc1cc(-c2ccc(-c3ccc(-c4cc(-c5ccccc5)nc(-c5ccccc5)n4)cc3)cc2)cc(C)c1-n1c2ccccc2c2cc(-n3c4ccccc4c4ccccc43)ccc21. The average molecular weight is 819 g/mol. The Labute approximate surface area is 372 Å². The van der Waals surface area contributed by atoms with Crippen LogP contribution >= 0.6 is 0 Å². The molecule has 4 heteroatoms. The van der Waals surface area contributed by atoms with Crippen molar-refractivity contribution in [2.75, 3.05) is 0 Å². The lowest BCUT2D eigenvalue weighted by Crippen LogP contribution is -2.01. The molecule has 0 saturated carbocycles. The molecule has 0 fully saturated rings. The van der Waals surface area contributed by atoms with Crippen molar-refractivity contribution in [2.45, 2.75) is 13.8 Å². The number of hydrogen-bond donors (Lipinski definition) is 0. The van der Waals surface area contributed by atoms with Crippen LogP contribution in [0.2, 0.25) is 0 Å². The van der Waals surface area contributed by atoms with Crippen LogP contribution in [0.15, 0.2) is 218 Å². The van der Waals surface area contributed by atoms with E-state index in [0.717, 1.165) is 45.2 Å². The zero-order valence-electron chi connectivity index (χ0n) is 35.6. The molecule has 0 bridgehead atoms. The second-order valence-corrected chi connectivity index (χ2v) is 16.7. The van der Waals surface area contributed by atoms with E-state index in [4.69, 9.17) is 9.97 Å². The van der Waals surface area contributed by atoms with Crippen LogP contribution in [0.4, 0.5) is 0 Å². The molecule has 302 valence electrons. The second-order valence-electron chi connectivity index (χ2n) is 16.7. The minimum atomic E-state index is 0.718. The maximum atomic E-state index is 5.03. The summed E-state index contributed by atoms with van der Waals surface area (Å²) in [5, 5.41) is 5.03. The highest BCUT2D eigenvalue weighted by atomic mass is 15.0. The van der Waals surface area contributed by atoms with E-state index in [-0.39, 0.29) is 0 Å². The number of rotatable bonds is 7. The number of fused-ring (bicyclic) bond motifs is 6. The van der Waals surface area contributed by atoms with Gasteiger partial charge in [-0.15, -0.1) is 0 Å². The van der Waals surface area contributed by atoms with Crippen molar-refractivity contribution in [2.24, 2.45) is 0 Å². The smallest absolute Gasteiger partial charge is 0.160 e. The molecule has 12 aromatic rings. The van der Waals surface area contributed by atoms with E-state index >= 15 is 0 Å². The summed E-state index contributed by atoms with van der Waals surface area (Å²) in [6.45, 7) is 4.50. The van der Waals surface area contributed by atoms with E-state index in [1.54, 1.807) is 0 Å². The van der Waals surface area contributed by atoms with Crippen molar-refractivity contribution in [3.63, 3.8) is 0 Å². The number of hydrogen-bond acceptors (Lipinski definition) is 2. The number of aromatic nitrogens is 4. The van der Waals surface area contributed by atoms with Gasteiger partial charge in [-0.3, -0.25) is 0 Å². The molecule has 0 saturated heterocycles. The summed E-state index contributed by atoms with van der Waals surface area (Å²) < 4.78 is 4.87. The van der Waals surface area contributed by atoms with Gasteiger partial charge in [0.15, 0.2) is 5.82 Å². The molecular weight excluding hydrogens is 777 g/mol. The Morgan fingerprint density at radius 2 is 0.703 bits per heavy atom. The zero-order chi connectivity index (χ0) is 42.7. The molecule has 4 nitrogen and oxygen atoms in total. The fourth-order valence-corrected chi connectivity index (χ4v) is 9.77. The van der Waals surface area contributed by atoms with Crippen molar-refractivity contribution < 1.29 is 0 Å². The molecule has 0 N–H and O–H groups in total. The van der Waals surface area contributed by atoms with Crippen LogP contribution in [0, 0.1) is 13.8 Å². The first-order chi connectivity index (χ1) is 31.6. The topological polar surface area (TPSA) is 35.6 Å². The summed E-state index contributed by atoms with van der Waals surface area (Å²) in [4.78, 5) is 9.99. The van der Waals surface area contributed by atoms with E-state index in [2.05, 4.69) is 205 Å². The van der Waals surface area contributed by atoms with Gasteiger partial charge in [0.05, 0.1) is 39.1 Å². The van der Waals surface area contributed by atoms with E-state index < -0.39 is 0 Å². The Kier molecular flexibility index (Phi) is 8.91. The first-order valence-electron chi connectivity index (χ1n) is 21.9. The third-order valence-corrected chi connectivity index (χ3v) is 12.8. The predicted molar refractivity (Wildman–Crippen MR) is 267 cm³/mol. The highest BCUT2D eigenvalue weighted by molar-refractivity contribution is 6.12. The van der Waals surface area contributed by atoms with Gasteiger partial charge < -0.3 is 9.13 Å². The summed E-state index contributed by atoms with van der Waals surface area (Å²) in [6.07, 6.45) is 0. The molecule has 12 rings (SSSR count). The van der Waals surface area contributed by atoms with Crippen molar-refractivity contribution in [3.05, 3.63) is 230 Å². The van der Waals surface area contributed by atoms with Gasteiger partial charge in [0.2, 0.25) is 0 Å². The number of para-hydroxylation sites is 3. The first kappa shape index (κ1) is 37.4. The minimum Gasteiger partial charge on any atom is -0.309 e. The van der Waals surface area contributed by atoms with E-state index in [1.807, 2.05) is 36.4 Å². The van der Waals surface area contributed by atoms with Crippen molar-refractivity contribution in [3.8, 4) is 67.5 Å². The molecule has 3 aromatic heterocycles. The third kappa shape index (κ3) is 6.30. The molecule has 0 atom stereocenters. The Hall–Kier alpha value is -8.34. The molecule has 3 heterocycles. The van der Waals surface area contributed by atoms with Crippen molar-refractivity contribution >= 4 is 43.6 Å². The monoisotopic (exact) mass is 818 g/mol. The van der Waals surface area contributed by atoms with Gasteiger partial charge in [-0.05, 0) is 102 Å². The standard InChI is InChI=1S/C60H42N4/c1-39-35-47(43-27-25-41(26-28-43)42-29-31-45(32-30-42)54-38-53(44-15-5-3-6-16-44)61-60(62-54)46-17-7-4-8-18-46)36-40(2)59(39)64-57-24-14-11-21-51(57)52-37-48(33-34-58(52)64)63-55-22-12-9-19-49(55)50-20-10-13-23-56(50)63/h3-38H,1-2H3. The molecule has 0 aliphatic heterocycles. The van der Waals surface area contributed by atoms with Gasteiger partial charge in [0.25, 0.3) is 0 Å². The molecule has 0 aliphatic carbocycles. The second kappa shape index (κ2) is 15.2. The van der Waals surface area contributed by atoms with Gasteiger partial charge in [-0.25, -0.2) is 9.97 Å². The summed E-state index contributed by atoms with van der Waals surface area (Å²) in [5.41, 5.74) is 19.4. The lowest BCUT2D eigenvalue weighted by atomic mass is 9.96. The first-order valence-corrected chi connectivity index (χ1v) is 21.9. The van der Waals surface area contributed by atoms with Crippen LogP contribution in [0.1, 0.15) is 11.1 Å². The molecule has 0 unspecified atom stereocenters. The van der Waals surface area contributed by atoms with Gasteiger partial charge in [-0.1, -0.05) is 164 Å². The third-order valence-electron chi connectivity index (χ3n) is 12.8. The van der Waals surface area contributed by atoms with Gasteiger partial charge in [0.1, 0.15) is 0 Å². The van der Waals surface area contributed by atoms with E-state index in [9.17, 15) is 0 Å². The Morgan fingerprint density at radius 3 is 1.25 bits per heavy atom. The maximum Gasteiger partial charge on any atom is 0.160 e. The fourth-order valence-electron chi connectivity index (χ4n) is 9.77. The predicted octanol–water partition coefficient (Wildman–Crippen LogP) is 15.6. The molecule has 64 heavy (non-hydrogen) atoms. The van der Waals surface area contributed by atoms with Crippen LogP contribution in [0.5, 0.6) is 0 Å². The molecule has 0 amide bonds. The molecule has 9 aromatic carbocycles. The van der Waals surface area contributed by atoms with E-state index in [1.165, 1.54) is 77.1 Å². The van der Waals surface area contributed by atoms with Crippen molar-refractivity contribution in [1.82, 2.24) is 19.1 Å². The van der Waals surface area contributed by atoms with Gasteiger partial charge in [-0.2, -0.15) is 0 Å². The lowest BCUT2D eigenvalue weighted by Gasteiger charge is -2.17. The highest BCUT2D eigenvalue weighted by Crippen LogP contribution is 2.39. The Bertz CT molecular complexity index is 3580. The molecule has 0 radical (unpaired) electrons. The summed E-state index contributed by atoms with van der Waals surface area (Å²) >= 11 is 0. The molecule has 0 spiro atoms. The lowest BCUT2D eigenvalue weighted by molar-refractivity contribution is 1.12. The number of nitrogens with zero attached hydrogens (tertiary/aromatic N) is 4. The summed E-state index contributed by atoms with van der Waals surface area (Å²) in [7, 11) is 0. The van der Waals surface area contributed by atoms with E-state index in [0.29, 0.717) is 0 Å². The van der Waals surface area contributed by atoms with Crippen LogP contribution < -0.4 is 0 Å². The summed E-state index contributed by atoms with van der Waals surface area (Å²) in [5.74, 6) is 0.718. The Balaban J connectivity index is 0.866. The molecule has 0 aliphatic rings. The Morgan fingerprint density at radius 1 is 0.297 bits per heavy atom.